The molecule has 0 fully saturated rings. The Morgan fingerprint density at radius 3 is 2.77 bits per heavy atom. The lowest BCUT2D eigenvalue weighted by Gasteiger charge is -2.05. The Morgan fingerprint density at radius 2 is 2.23 bits per heavy atom. The number of phenols is 1. The minimum absolute atomic E-state index is 0.0571. The minimum atomic E-state index is -0.632. The van der Waals surface area contributed by atoms with E-state index in [0.29, 0.717) is 0 Å². The Bertz CT molecular complexity index is 351. The lowest BCUT2D eigenvalue weighted by Crippen LogP contribution is -2.03. The first-order valence-corrected chi connectivity index (χ1v) is 3.80. The summed E-state index contributed by atoms with van der Waals surface area (Å²) in [6.45, 7) is 0. The summed E-state index contributed by atoms with van der Waals surface area (Å²) in [6, 6.07) is 2.46. The van der Waals surface area contributed by atoms with Crippen LogP contribution in [0.15, 0.2) is 12.1 Å². The van der Waals surface area contributed by atoms with Crippen molar-refractivity contribution in [3.8, 4) is 5.75 Å². The van der Waals surface area contributed by atoms with Gasteiger partial charge >= 0.3 is 5.97 Å². The molecule has 1 aromatic rings. The van der Waals surface area contributed by atoms with Gasteiger partial charge in [-0.2, -0.15) is 0 Å². The van der Waals surface area contributed by atoms with Crippen molar-refractivity contribution in [3.05, 3.63) is 22.7 Å². The molecule has 0 aliphatic heterocycles. The topological polar surface area (TPSA) is 72.5 Å². The highest BCUT2D eigenvalue weighted by atomic mass is 35.5. The molecule has 0 aliphatic carbocycles. The number of nitrogen functional groups attached to an aromatic ring is 1. The number of carbonyl (C=O) groups is 1. The van der Waals surface area contributed by atoms with E-state index in [1.807, 2.05) is 0 Å². The fraction of sp³-hybridized carbons (Fsp3) is 0.125. The summed E-state index contributed by atoms with van der Waals surface area (Å²) in [5.41, 5.74) is 5.61. The van der Waals surface area contributed by atoms with Crippen molar-refractivity contribution in [1.82, 2.24) is 0 Å². The molecular weight excluding hydrogens is 194 g/mol. The number of aromatic hydroxyl groups is 1. The van der Waals surface area contributed by atoms with Crippen molar-refractivity contribution in [2.75, 3.05) is 12.8 Å². The SMILES string of the molecule is COC(=O)c1cc(O)cc(N)c1Cl. The van der Waals surface area contributed by atoms with Gasteiger partial charge in [-0.1, -0.05) is 11.6 Å². The molecule has 0 aliphatic rings. The first-order chi connectivity index (χ1) is 6.06. The molecule has 0 saturated heterocycles. The van der Waals surface area contributed by atoms with Crippen molar-refractivity contribution < 1.29 is 14.6 Å². The van der Waals surface area contributed by atoms with E-state index in [1.54, 1.807) is 0 Å². The minimum Gasteiger partial charge on any atom is -0.508 e. The zero-order valence-corrected chi connectivity index (χ0v) is 7.63. The lowest BCUT2D eigenvalue weighted by atomic mass is 10.2. The van der Waals surface area contributed by atoms with E-state index in [9.17, 15) is 4.79 Å². The Balaban J connectivity index is 3.28. The smallest absolute Gasteiger partial charge is 0.339 e. The van der Waals surface area contributed by atoms with E-state index in [0.717, 1.165) is 0 Å². The van der Waals surface area contributed by atoms with Crippen LogP contribution in [0.25, 0.3) is 0 Å². The van der Waals surface area contributed by atoms with Crippen molar-refractivity contribution in [2.45, 2.75) is 0 Å². The Hall–Kier alpha value is -1.42. The van der Waals surface area contributed by atoms with Crippen LogP contribution in [-0.2, 0) is 4.74 Å². The van der Waals surface area contributed by atoms with Gasteiger partial charge in [0.2, 0.25) is 0 Å². The zero-order valence-electron chi connectivity index (χ0n) is 6.87. The number of phenolic OH excluding ortho intramolecular Hbond substituents is 1. The lowest BCUT2D eigenvalue weighted by molar-refractivity contribution is 0.0600. The first-order valence-electron chi connectivity index (χ1n) is 3.42. The van der Waals surface area contributed by atoms with Gasteiger partial charge < -0.3 is 15.6 Å². The Morgan fingerprint density at radius 1 is 1.62 bits per heavy atom. The average Bonchev–Trinajstić information content (AvgIpc) is 2.10. The van der Waals surface area contributed by atoms with Gasteiger partial charge in [-0.05, 0) is 6.07 Å². The summed E-state index contributed by atoms with van der Waals surface area (Å²) in [6.07, 6.45) is 0. The van der Waals surface area contributed by atoms with Gasteiger partial charge in [0.15, 0.2) is 0 Å². The highest BCUT2D eigenvalue weighted by molar-refractivity contribution is 6.36. The largest absolute Gasteiger partial charge is 0.508 e. The summed E-state index contributed by atoms with van der Waals surface area (Å²) >= 11 is 5.70. The van der Waals surface area contributed by atoms with Crippen LogP contribution in [0.3, 0.4) is 0 Å². The van der Waals surface area contributed by atoms with Gasteiger partial charge in [0.25, 0.3) is 0 Å². The second-order valence-electron chi connectivity index (χ2n) is 2.39. The van der Waals surface area contributed by atoms with Crippen LogP contribution in [0.2, 0.25) is 5.02 Å². The first kappa shape index (κ1) is 9.67. The molecule has 1 aromatic carbocycles. The van der Waals surface area contributed by atoms with Crippen molar-refractivity contribution in [2.24, 2.45) is 0 Å². The van der Waals surface area contributed by atoms with E-state index in [1.165, 1.54) is 19.2 Å². The molecule has 0 atom stereocenters. The third-order valence-corrected chi connectivity index (χ3v) is 1.91. The zero-order chi connectivity index (χ0) is 10.0. The van der Waals surface area contributed by atoms with Crippen LogP contribution in [0.1, 0.15) is 10.4 Å². The van der Waals surface area contributed by atoms with E-state index < -0.39 is 5.97 Å². The molecule has 13 heavy (non-hydrogen) atoms. The van der Waals surface area contributed by atoms with Gasteiger partial charge in [-0.25, -0.2) is 4.79 Å². The highest BCUT2D eigenvalue weighted by Crippen LogP contribution is 2.28. The third kappa shape index (κ3) is 1.84. The summed E-state index contributed by atoms with van der Waals surface area (Å²) in [7, 11) is 1.22. The Labute approximate surface area is 79.9 Å². The molecule has 3 N–H and O–H groups in total. The molecule has 0 bridgehead atoms. The van der Waals surface area contributed by atoms with E-state index in [-0.39, 0.29) is 22.0 Å². The van der Waals surface area contributed by atoms with Gasteiger partial charge in [-0.15, -0.1) is 0 Å². The number of nitrogens with two attached hydrogens (primary N) is 1. The van der Waals surface area contributed by atoms with E-state index >= 15 is 0 Å². The normalized spacial score (nSPS) is 9.69. The van der Waals surface area contributed by atoms with Crippen LogP contribution in [-0.4, -0.2) is 18.2 Å². The fourth-order valence-electron chi connectivity index (χ4n) is 0.890. The van der Waals surface area contributed by atoms with Gasteiger partial charge in [0.1, 0.15) is 5.75 Å². The second kappa shape index (κ2) is 3.53. The Kier molecular flexibility index (Phi) is 2.63. The predicted octanol–water partition coefficient (Wildman–Crippen LogP) is 1.41. The molecular formula is C8H8ClNO3. The summed E-state index contributed by atoms with van der Waals surface area (Å²) < 4.78 is 4.44. The number of methoxy groups -OCH3 is 1. The number of ether oxygens (including phenoxy) is 1. The molecule has 0 spiro atoms. The molecule has 0 saturated carbocycles. The molecule has 0 unspecified atom stereocenters. The maximum atomic E-state index is 11.1. The molecule has 1 rings (SSSR count). The van der Waals surface area contributed by atoms with Crippen LogP contribution < -0.4 is 5.73 Å². The number of rotatable bonds is 1. The second-order valence-corrected chi connectivity index (χ2v) is 2.77. The summed E-state index contributed by atoms with van der Waals surface area (Å²) in [4.78, 5) is 11.1. The predicted molar refractivity (Wildman–Crippen MR) is 48.9 cm³/mol. The molecule has 0 amide bonds. The van der Waals surface area contributed by atoms with E-state index in [2.05, 4.69) is 4.74 Å². The number of carbonyl (C=O) groups excluding carboxylic acids is 1. The monoisotopic (exact) mass is 201 g/mol. The molecule has 0 radical (unpaired) electrons. The maximum absolute atomic E-state index is 11.1. The van der Waals surface area contributed by atoms with Crippen LogP contribution >= 0.6 is 11.6 Å². The van der Waals surface area contributed by atoms with Gasteiger partial charge in [-0.3, -0.25) is 0 Å². The van der Waals surface area contributed by atoms with Gasteiger partial charge in [0, 0.05) is 6.07 Å². The van der Waals surface area contributed by atoms with Crippen LogP contribution in [0, 0.1) is 0 Å². The number of esters is 1. The van der Waals surface area contributed by atoms with Crippen LogP contribution in [0.5, 0.6) is 5.75 Å². The van der Waals surface area contributed by atoms with Crippen LogP contribution in [0.4, 0.5) is 5.69 Å². The quantitative estimate of drug-likeness (QED) is 0.532. The summed E-state index contributed by atoms with van der Waals surface area (Å²) in [5, 5.41) is 9.20. The average molecular weight is 202 g/mol. The van der Waals surface area contributed by atoms with Gasteiger partial charge in [0.05, 0.1) is 23.4 Å². The van der Waals surface area contributed by atoms with E-state index in [4.69, 9.17) is 22.4 Å². The number of hydrogen-bond donors (Lipinski definition) is 2. The van der Waals surface area contributed by atoms with Crippen molar-refractivity contribution in [1.29, 1.82) is 0 Å². The molecule has 5 heteroatoms. The fourth-order valence-corrected chi connectivity index (χ4v) is 1.08. The van der Waals surface area contributed by atoms with Crippen molar-refractivity contribution >= 4 is 23.3 Å². The molecule has 0 aromatic heterocycles. The molecule has 4 nitrogen and oxygen atoms in total. The van der Waals surface area contributed by atoms with Crippen molar-refractivity contribution in [3.63, 3.8) is 0 Å². The maximum Gasteiger partial charge on any atom is 0.339 e. The number of anilines is 1. The molecule has 0 heterocycles. The highest BCUT2D eigenvalue weighted by Gasteiger charge is 2.14. The summed E-state index contributed by atoms with van der Waals surface area (Å²) in [5.74, 6) is -0.755. The number of hydrogen-bond acceptors (Lipinski definition) is 4. The number of halogens is 1. The number of benzene rings is 1. The molecule has 70 valence electrons. The third-order valence-electron chi connectivity index (χ3n) is 1.49. The standard InChI is InChI=1S/C8H8ClNO3/c1-13-8(12)5-2-4(11)3-6(10)7(5)9/h2-3,11H,10H2,1H3.